The van der Waals surface area contributed by atoms with E-state index in [0.717, 1.165) is 35.9 Å². The van der Waals surface area contributed by atoms with Crippen LogP contribution in [0, 0.1) is 5.92 Å². The van der Waals surface area contributed by atoms with Crippen LogP contribution in [0.25, 0.3) is 0 Å². The van der Waals surface area contributed by atoms with Gasteiger partial charge < -0.3 is 4.74 Å². The number of hydrogen-bond acceptors (Lipinski definition) is 1. The fourth-order valence-corrected chi connectivity index (χ4v) is 3.45. The molecule has 1 atom stereocenters. The molecule has 0 N–H and O–H groups in total. The molecule has 35 heavy (non-hydrogen) atoms. The predicted octanol–water partition coefficient (Wildman–Crippen LogP) is 11.2. The number of aryl methyl sites for hydroxylation is 1. The van der Waals surface area contributed by atoms with Crippen molar-refractivity contribution >= 4 is 23.2 Å². The van der Waals surface area contributed by atoms with Crippen molar-refractivity contribution in [3.8, 4) is 0 Å². The molecule has 1 nitrogen and oxygen atoms in total. The summed E-state index contributed by atoms with van der Waals surface area (Å²) in [7, 11) is 0. The van der Waals surface area contributed by atoms with Gasteiger partial charge in [-0.3, -0.25) is 0 Å². The smallest absolute Gasteiger partial charge is 0.112 e. The van der Waals surface area contributed by atoms with Gasteiger partial charge in [-0.2, -0.15) is 0 Å². The first kappa shape index (κ1) is 33.0. The van der Waals surface area contributed by atoms with Crippen molar-refractivity contribution < 1.29 is 4.74 Å². The molecule has 0 aromatic heterocycles. The van der Waals surface area contributed by atoms with E-state index in [-0.39, 0.29) is 0 Å². The summed E-state index contributed by atoms with van der Waals surface area (Å²) in [6.07, 6.45) is 15.2. The molecule has 0 saturated heterocycles. The summed E-state index contributed by atoms with van der Waals surface area (Å²) in [4.78, 5) is 0. The Balaban J connectivity index is 0.000000616. The highest BCUT2D eigenvalue weighted by molar-refractivity contribution is 6.31. The molecule has 3 heteroatoms. The van der Waals surface area contributed by atoms with Gasteiger partial charge in [-0.25, -0.2) is 0 Å². The molecule has 0 aliphatic heterocycles. The Hall–Kier alpha value is -1.96. The van der Waals surface area contributed by atoms with E-state index in [1.807, 2.05) is 54.6 Å². The van der Waals surface area contributed by atoms with Crippen LogP contribution in [0.1, 0.15) is 78.2 Å². The molecule has 2 rings (SSSR count). The van der Waals surface area contributed by atoms with Crippen molar-refractivity contribution in [3.05, 3.63) is 107 Å². The third-order valence-electron chi connectivity index (χ3n) is 5.21. The average molecular weight is 518 g/mol. The van der Waals surface area contributed by atoms with E-state index in [9.17, 15) is 0 Å². The second-order valence-electron chi connectivity index (χ2n) is 8.42. The van der Waals surface area contributed by atoms with Crippen LogP contribution < -0.4 is 0 Å². The monoisotopic (exact) mass is 516 g/mol. The van der Waals surface area contributed by atoms with Gasteiger partial charge in [0, 0.05) is 10.1 Å². The molecule has 194 valence electrons. The van der Waals surface area contributed by atoms with Crippen LogP contribution in [0.4, 0.5) is 0 Å². The van der Waals surface area contributed by atoms with Crippen molar-refractivity contribution in [2.45, 2.75) is 79.1 Å². The predicted molar refractivity (Wildman–Crippen MR) is 158 cm³/mol. The molecule has 2 aromatic rings. The van der Waals surface area contributed by atoms with Crippen molar-refractivity contribution in [3.63, 3.8) is 0 Å². The highest BCUT2D eigenvalue weighted by Gasteiger charge is 2.08. The Labute approximate surface area is 225 Å². The molecule has 0 aliphatic carbocycles. The lowest BCUT2D eigenvalue weighted by Crippen LogP contribution is -2.09. The normalized spacial score (nSPS) is 11.7. The summed E-state index contributed by atoms with van der Waals surface area (Å²) in [5.41, 5.74) is 1.41. The van der Waals surface area contributed by atoms with Gasteiger partial charge in [-0.15, -0.1) is 0 Å². The SMILES string of the molecule is C=C(/C=C\C(Cl)=C/CCC)OCC(CCC)CCCC.CCc1ccccc1.Clc1ccccc1. The molecule has 1 unspecified atom stereocenters. The van der Waals surface area contributed by atoms with Crippen LogP contribution in [0.5, 0.6) is 0 Å². The second-order valence-corrected chi connectivity index (χ2v) is 9.29. The van der Waals surface area contributed by atoms with Crippen molar-refractivity contribution in [1.82, 2.24) is 0 Å². The number of halogens is 2. The molecular weight excluding hydrogens is 471 g/mol. The number of unbranched alkanes of at least 4 members (excludes halogenated alkanes) is 2. The molecule has 0 saturated carbocycles. The zero-order valence-electron chi connectivity index (χ0n) is 22.3. The maximum atomic E-state index is 6.06. The molecule has 2 aromatic carbocycles. The van der Waals surface area contributed by atoms with E-state index in [4.69, 9.17) is 27.9 Å². The van der Waals surface area contributed by atoms with Gasteiger partial charge in [-0.1, -0.05) is 138 Å². The topological polar surface area (TPSA) is 9.23 Å². The Morgan fingerprint density at radius 1 is 0.857 bits per heavy atom. The Morgan fingerprint density at radius 3 is 1.94 bits per heavy atom. The van der Waals surface area contributed by atoms with Crippen molar-refractivity contribution in [2.75, 3.05) is 6.61 Å². The molecule has 0 spiro atoms. The standard InChI is InChI=1S/C18H31ClO.C8H10.C6H5Cl/c1-5-8-11-17(10-7-3)15-20-16(4)13-14-18(19)12-9-6-2;1-2-8-6-4-3-5-7-8;7-6-4-2-1-3-5-6/h12-14,17H,4-11,15H2,1-3H3;3-7H,2H2,1H3;1-5H/b14-13-,18-12+;;. The maximum Gasteiger partial charge on any atom is 0.112 e. The molecule has 0 amide bonds. The van der Waals surface area contributed by atoms with Gasteiger partial charge >= 0.3 is 0 Å². The summed E-state index contributed by atoms with van der Waals surface area (Å²) >= 11 is 11.6. The minimum absolute atomic E-state index is 0.649. The summed E-state index contributed by atoms with van der Waals surface area (Å²) in [6.45, 7) is 13.5. The number of ether oxygens (including phenoxy) is 1. The summed E-state index contributed by atoms with van der Waals surface area (Å²) in [5, 5.41) is 1.55. The minimum Gasteiger partial charge on any atom is -0.494 e. The summed E-state index contributed by atoms with van der Waals surface area (Å²) in [6, 6.07) is 19.9. The van der Waals surface area contributed by atoms with E-state index in [1.54, 1.807) is 0 Å². The van der Waals surface area contributed by atoms with Crippen LogP contribution in [0.3, 0.4) is 0 Å². The Kier molecular flexibility index (Phi) is 22.4. The number of rotatable bonds is 13. The lowest BCUT2D eigenvalue weighted by atomic mass is 9.98. The molecule has 0 fully saturated rings. The lowest BCUT2D eigenvalue weighted by molar-refractivity contribution is 0.162. The lowest BCUT2D eigenvalue weighted by Gasteiger charge is -2.16. The van der Waals surface area contributed by atoms with Gasteiger partial charge in [0.1, 0.15) is 5.76 Å². The Morgan fingerprint density at radius 2 is 1.49 bits per heavy atom. The number of allylic oxidation sites excluding steroid dienone is 4. The van der Waals surface area contributed by atoms with Crippen molar-refractivity contribution in [2.24, 2.45) is 5.92 Å². The quantitative estimate of drug-likeness (QED) is 0.190. The third kappa shape index (κ3) is 21.1. The number of benzene rings is 2. The zero-order valence-corrected chi connectivity index (χ0v) is 23.8. The van der Waals surface area contributed by atoms with E-state index in [0.29, 0.717) is 11.7 Å². The molecule has 0 aliphatic rings. The third-order valence-corrected chi connectivity index (χ3v) is 5.74. The fourth-order valence-electron chi connectivity index (χ4n) is 3.14. The highest BCUT2D eigenvalue weighted by Crippen LogP contribution is 2.17. The van der Waals surface area contributed by atoms with Gasteiger partial charge in [0.25, 0.3) is 0 Å². The van der Waals surface area contributed by atoms with Crippen LogP contribution in [0.2, 0.25) is 5.02 Å². The first-order valence-corrected chi connectivity index (χ1v) is 13.8. The first-order valence-electron chi connectivity index (χ1n) is 13.1. The van der Waals surface area contributed by atoms with Gasteiger partial charge in [-0.05, 0) is 61.4 Å². The van der Waals surface area contributed by atoms with E-state index in [1.165, 1.54) is 37.7 Å². The van der Waals surface area contributed by atoms with Crippen LogP contribution >= 0.6 is 23.2 Å². The van der Waals surface area contributed by atoms with E-state index >= 15 is 0 Å². The minimum atomic E-state index is 0.649. The molecule has 0 bridgehead atoms. The second kappa shape index (κ2) is 23.8. The number of hydrogen-bond donors (Lipinski definition) is 0. The zero-order chi connectivity index (χ0) is 26.2. The maximum absolute atomic E-state index is 6.06. The Bertz CT molecular complexity index is 797. The van der Waals surface area contributed by atoms with Crippen LogP contribution in [-0.4, -0.2) is 6.61 Å². The largest absolute Gasteiger partial charge is 0.494 e. The van der Waals surface area contributed by atoms with Crippen LogP contribution in [0.15, 0.2) is 96.3 Å². The first-order chi connectivity index (χ1) is 17.0. The summed E-state index contributed by atoms with van der Waals surface area (Å²) in [5.74, 6) is 1.35. The van der Waals surface area contributed by atoms with Crippen molar-refractivity contribution in [1.29, 1.82) is 0 Å². The average Bonchev–Trinajstić information content (AvgIpc) is 2.89. The van der Waals surface area contributed by atoms with Crippen LogP contribution in [-0.2, 0) is 11.2 Å². The summed E-state index contributed by atoms with van der Waals surface area (Å²) < 4.78 is 5.74. The molecule has 0 radical (unpaired) electrons. The van der Waals surface area contributed by atoms with E-state index in [2.05, 4.69) is 58.5 Å². The van der Waals surface area contributed by atoms with Gasteiger partial charge in [0.15, 0.2) is 0 Å². The molecule has 0 heterocycles. The van der Waals surface area contributed by atoms with Gasteiger partial charge in [0.05, 0.1) is 6.61 Å². The highest BCUT2D eigenvalue weighted by atomic mass is 35.5. The van der Waals surface area contributed by atoms with E-state index < -0.39 is 0 Å². The van der Waals surface area contributed by atoms with Gasteiger partial charge in [0.2, 0.25) is 0 Å². The molecular formula is C32H46Cl2O. The fraction of sp³-hybridized carbons (Fsp3) is 0.438.